The van der Waals surface area contributed by atoms with Gasteiger partial charge in [-0.25, -0.2) is 4.39 Å². The molecule has 4 heteroatoms. The number of ether oxygens (including phenoxy) is 2. The predicted molar refractivity (Wildman–Crippen MR) is 69.1 cm³/mol. The van der Waals surface area contributed by atoms with E-state index in [-0.39, 0.29) is 6.61 Å². The number of rotatable bonds is 5. The molecule has 2 aromatic carbocycles. The number of carbonyl (C=O) groups excluding carboxylic acids is 1. The molecule has 0 spiro atoms. The molecule has 0 radical (unpaired) electrons. The molecule has 0 N–H and O–H groups in total. The van der Waals surface area contributed by atoms with Crippen molar-refractivity contribution in [3.8, 4) is 11.5 Å². The van der Waals surface area contributed by atoms with Gasteiger partial charge in [0.2, 0.25) is 0 Å². The summed E-state index contributed by atoms with van der Waals surface area (Å²) in [6, 6.07) is 11.4. The number of hydrogen-bond acceptors (Lipinski definition) is 3. The molecule has 3 nitrogen and oxygen atoms in total. The molecule has 0 atom stereocenters. The zero-order chi connectivity index (χ0) is 13.7. The van der Waals surface area contributed by atoms with E-state index < -0.39 is 5.82 Å². The summed E-state index contributed by atoms with van der Waals surface area (Å²) < 4.78 is 24.1. The standard InChI is InChI=1S/C15H13FO3/c1-18-13-7-6-12(14(16)8-13)10-19-15-5-3-2-4-11(15)9-17/h2-9H,10H2,1H3. The van der Waals surface area contributed by atoms with E-state index in [1.807, 2.05) is 0 Å². The normalized spacial score (nSPS) is 10.0. The van der Waals surface area contributed by atoms with Crippen molar-refractivity contribution in [2.75, 3.05) is 7.11 Å². The van der Waals surface area contributed by atoms with Crippen molar-refractivity contribution in [2.24, 2.45) is 0 Å². The minimum atomic E-state index is -0.400. The molecule has 0 aliphatic heterocycles. The molecule has 0 unspecified atom stereocenters. The summed E-state index contributed by atoms with van der Waals surface area (Å²) in [6.45, 7) is 0.0562. The average Bonchev–Trinajstić information content (AvgIpc) is 2.46. The molecule has 2 aromatic rings. The Labute approximate surface area is 110 Å². The monoisotopic (exact) mass is 260 g/mol. The number of hydrogen-bond donors (Lipinski definition) is 0. The molecule has 2 rings (SSSR count). The molecule has 0 saturated carbocycles. The Bertz CT molecular complexity index is 581. The molecule has 0 heterocycles. The number of para-hydroxylation sites is 1. The van der Waals surface area contributed by atoms with Gasteiger partial charge in [-0.3, -0.25) is 4.79 Å². The molecule has 0 aliphatic rings. The van der Waals surface area contributed by atoms with Gasteiger partial charge in [-0.1, -0.05) is 12.1 Å². The second kappa shape index (κ2) is 6.00. The Balaban J connectivity index is 2.12. The van der Waals surface area contributed by atoms with Gasteiger partial charge in [0.1, 0.15) is 23.9 Å². The summed E-state index contributed by atoms with van der Waals surface area (Å²) >= 11 is 0. The quantitative estimate of drug-likeness (QED) is 0.774. The van der Waals surface area contributed by atoms with Crippen LogP contribution in [0.1, 0.15) is 15.9 Å². The smallest absolute Gasteiger partial charge is 0.153 e. The van der Waals surface area contributed by atoms with Gasteiger partial charge >= 0.3 is 0 Å². The van der Waals surface area contributed by atoms with Gasteiger partial charge in [0.25, 0.3) is 0 Å². The van der Waals surface area contributed by atoms with E-state index in [2.05, 4.69) is 0 Å². The van der Waals surface area contributed by atoms with Crippen LogP contribution in [0.5, 0.6) is 11.5 Å². The first-order chi connectivity index (χ1) is 9.24. The molecule has 0 amide bonds. The third-order valence-corrected chi connectivity index (χ3v) is 2.69. The summed E-state index contributed by atoms with van der Waals surface area (Å²) in [7, 11) is 1.48. The average molecular weight is 260 g/mol. The van der Waals surface area contributed by atoms with Gasteiger partial charge in [0.05, 0.1) is 12.7 Å². The zero-order valence-corrected chi connectivity index (χ0v) is 10.4. The van der Waals surface area contributed by atoms with E-state index >= 15 is 0 Å². The summed E-state index contributed by atoms with van der Waals surface area (Å²) in [4.78, 5) is 10.8. The van der Waals surface area contributed by atoms with E-state index in [9.17, 15) is 9.18 Å². The molecular weight excluding hydrogens is 247 g/mol. The van der Waals surface area contributed by atoms with Gasteiger partial charge in [0, 0.05) is 11.6 Å². The number of methoxy groups -OCH3 is 1. The Kier molecular flexibility index (Phi) is 4.13. The summed E-state index contributed by atoms with van der Waals surface area (Å²) in [6.07, 6.45) is 0.708. The third kappa shape index (κ3) is 3.10. The number of halogens is 1. The van der Waals surface area contributed by atoms with Crippen LogP contribution in [0.3, 0.4) is 0 Å². The van der Waals surface area contributed by atoms with E-state index in [1.165, 1.54) is 13.2 Å². The molecular formula is C15H13FO3. The first-order valence-corrected chi connectivity index (χ1v) is 5.74. The Morgan fingerprint density at radius 3 is 2.68 bits per heavy atom. The van der Waals surface area contributed by atoms with E-state index in [0.717, 1.165) is 0 Å². The zero-order valence-electron chi connectivity index (χ0n) is 10.4. The van der Waals surface area contributed by atoms with Crippen molar-refractivity contribution in [3.05, 3.63) is 59.4 Å². The predicted octanol–water partition coefficient (Wildman–Crippen LogP) is 3.23. The molecule has 19 heavy (non-hydrogen) atoms. The van der Waals surface area contributed by atoms with Crippen molar-refractivity contribution in [3.63, 3.8) is 0 Å². The molecule has 0 aliphatic carbocycles. The summed E-state index contributed by atoms with van der Waals surface area (Å²) in [5.41, 5.74) is 0.845. The highest BCUT2D eigenvalue weighted by Crippen LogP contribution is 2.20. The van der Waals surface area contributed by atoms with Gasteiger partial charge in [-0.05, 0) is 24.3 Å². The van der Waals surface area contributed by atoms with Crippen molar-refractivity contribution in [2.45, 2.75) is 6.61 Å². The first-order valence-electron chi connectivity index (χ1n) is 5.74. The highest BCUT2D eigenvalue weighted by Gasteiger charge is 2.06. The van der Waals surface area contributed by atoms with Gasteiger partial charge in [0.15, 0.2) is 6.29 Å². The van der Waals surface area contributed by atoms with Gasteiger partial charge in [-0.2, -0.15) is 0 Å². The fourth-order valence-electron chi connectivity index (χ4n) is 1.64. The van der Waals surface area contributed by atoms with E-state index in [0.29, 0.717) is 28.9 Å². The van der Waals surface area contributed by atoms with Crippen LogP contribution in [-0.2, 0) is 6.61 Å². The lowest BCUT2D eigenvalue weighted by Gasteiger charge is -2.09. The largest absolute Gasteiger partial charge is 0.497 e. The van der Waals surface area contributed by atoms with Crippen LogP contribution in [0.4, 0.5) is 4.39 Å². The lowest BCUT2D eigenvalue weighted by molar-refractivity contribution is 0.111. The number of carbonyl (C=O) groups is 1. The molecule has 0 bridgehead atoms. The van der Waals surface area contributed by atoms with Crippen molar-refractivity contribution in [1.29, 1.82) is 0 Å². The third-order valence-electron chi connectivity index (χ3n) is 2.69. The summed E-state index contributed by atoms with van der Waals surface area (Å²) in [5, 5.41) is 0. The lowest BCUT2D eigenvalue weighted by Crippen LogP contribution is -2.00. The van der Waals surface area contributed by atoms with Crippen LogP contribution in [-0.4, -0.2) is 13.4 Å². The highest BCUT2D eigenvalue weighted by atomic mass is 19.1. The van der Waals surface area contributed by atoms with Crippen LogP contribution >= 0.6 is 0 Å². The van der Waals surface area contributed by atoms with Gasteiger partial charge < -0.3 is 9.47 Å². The summed E-state index contributed by atoms with van der Waals surface area (Å²) in [5.74, 6) is 0.491. The van der Waals surface area contributed by atoms with Crippen LogP contribution in [0, 0.1) is 5.82 Å². The fourth-order valence-corrected chi connectivity index (χ4v) is 1.64. The second-order valence-corrected chi connectivity index (χ2v) is 3.90. The molecule has 0 fully saturated rings. The Hall–Kier alpha value is -2.36. The second-order valence-electron chi connectivity index (χ2n) is 3.90. The molecule has 98 valence electrons. The van der Waals surface area contributed by atoms with Crippen LogP contribution in [0.15, 0.2) is 42.5 Å². The maximum atomic E-state index is 13.7. The number of aldehydes is 1. The van der Waals surface area contributed by atoms with Crippen LogP contribution < -0.4 is 9.47 Å². The molecule has 0 saturated heterocycles. The molecule has 0 aromatic heterocycles. The van der Waals surface area contributed by atoms with E-state index in [4.69, 9.17) is 9.47 Å². The van der Waals surface area contributed by atoms with Crippen molar-refractivity contribution < 1.29 is 18.7 Å². The number of benzene rings is 2. The van der Waals surface area contributed by atoms with Gasteiger partial charge in [-0.15, -0.1) is 0 Å². The van der Waals surface area contributed by atoms with Crippen LogP contribution in [0.25, 0.3) is 0 Å². The Morgan fingerprint density at radius 2 is 2.00 bits per heavy atom. The maximum absolute atomic E-state index is 13.7. The minimum Gasteiger partial charge on any atom is -0.497 e. The fraction of sp³-hybridized carbons (Fsp3) is 0.133. The first kappa shape index (κ1) is 13.1. The lowest BCUT2D eigenvalue weighted by atomic mass is 10.2. The SMILES string of the molecule is COc1ccc(COc2ccccc2C=O)c(F)c1. The maximum Gasteiger partial charge on any atom is 0.153 e. The highest BCUT2D eigenvalue weighted by molar-refractivity contribution is 5.79. The van der Waals surface area contributed by atoms with E-state index in [1.54, 1.807) is 36.4 Å². The Morgan fingerprint density at radius 1 is 1.21 bits per heavy atom. The van der Waals surface area contributed by atoms with Crippen molar-refractivity contribution >= 4 is 6.29 Å². The van der Waals surface area contributed by atoms with Crippen LogP contribution in [0.2, 0.25) is 0 Å². The van der Waals surface area contributed by atoms with Crippen molar-refractivity contribution in [1.82, 2.24) is 0 Å². The minimum absolute atomic E-state index is 0.0562. The topological polar surface area (TPSA) is 35.5 Å².